The maximum atomic E-state index is 12.9. The predicted octanol–water partition coefficient (Wildman–Crippen LogP) is 0.0743. The number of carbonyl (C=O) groups is 1. The third kappa shape index (κ3) is 3.16. The van der Waals surface area contributed by atoms with Crippen molar-refractivity contribution in [3.8, 4) is 0 Å². The van der Waals surface area contributed by atoms with E-state index in [0.29, 0.717) is 19.8 Å². The molecule has 3 heterocycles. The molecule has 0 atom stereocenters. The molecule has 1 aromatic rings. The Morgan fingerprint density at radius 2 is 2.00 bits per heavy atom. The highest BCUT2D eigenvalue weighted by atomic mass is 16.5. The summed E-state index contributed by atoms with van der Waals surface area (Å²) in [6.07, 6.45) is 3.06. The van der Waals surface area contributed by atoms with Crippen LogP contribution in [0.4, 0.5) is 0 Å². The summed E-state index contributed by atoms with van der Waals surface area (Å²) in [5, 5.41) is 3.93. The van der Waals surface area contributed by atoms with E-state index in [1.54, 1.807) is 6.26 Å². The van der Waals surface area contributed by atoms with Crippen molar-refractivity contribution in [3.05, 3.63) is 18.0 Å². The molecule has 7 heteroatoms. The largest absolute Gasteiger partial charge is 0.381 e. The number of ether oxygens (including phenoxy) is 1. The molecule has 0 saturated carbocycles. The van der Waals surface area contributed by atoms with Gasteiger partial charge in [0.05, 0.1) is 11.1 Å². The quantitative estimate of drug-likeness (QED) is 0.847. The van der Waals surface area contributed by atoms with Gasteiger partial charge in [-0.1, -0.05) is 5.16 Å². The molecule has 7 nitrogen and oxygen atoms in total. The Hall–Kier alpha value is -1.44. The van der Waals surface area contributed by atoms with Crippen LogP contribution in [0.15, 0.2) is 16.9 Å². The lowest BCUT2D eigenvalue weighted by molar-refractivity contribution is -0.149. The van der Waals surface area contributed by atoms with E-state index in [9.17, 15) is 4.79 Å². The maximum Gasteiger partial charge on any atom is 0.230 e. The number of nitrogens with zero attached hydrogens (tertiary/aromatic N) is 3. The molecule has 0 unspecified atom stereocenters. The van der Waals surface area contributed by atoms with Gasteiger partial charge in [-0.15, -0.1) is 0 Å². The predicted molar refractivity (Wildman–Crippen MR) is 79.9 cm³/mol. The van der Waals surface area contributed by atoms with Gasteiger partial charge in [0.15, 0.2) is 0 Å². The van der Waals surface area contributed by atoms with E-state index in [0.717, 1.165) is 51.3 Å². The highest BCUT2D eigenvalue weighted by Crippen LogP contribution is 2.32. The Kier molecular flexibility index (Phi) is 4.75. The molecule has 2 aliphatic rings. The Morgan fingerprint density at radius 3 is 2.59 bits per heavy atom. The van der Waals surface area contributed by atoms with Crippen LogP contribution in [-0.4, -0.2) is 66.8 Å². The van der Waals surface area contributed by atoms with Gasteiger partial charge in [-0.2, -0.15) is 0 Å². The third-order valence-corrected chi connectivity index (χ3v) is 4.83. The molecule has 2 aliphatic heterocycles. The smallest absolute Gasteiger partial charge is 0.230 e. The highest BCUT2D eigenvalue weighted by molar-refractivity contribution is 5.83. The van der Waals surface area contributed by atoms with Crippen molar-refractivity contribution >= 4 is 5.91 Å². The zero-order valence-electron chi connectivity index (χ0n) is 12.9. The molecule has 0 radical (unpaired) electrons. The molecule has 0 aromatic carbocycles. The fraction of sp³-hybridized carbons (Fsp3) is 0.733. The zero-order chi connectivity index (χ0) is 15.4. The maximum absolute atomic E-state index is 12.9. The van der Waals surface area contributed by atoms with Gasteiger partial charge in [0, 0.05) is 58.5 Å². The van der Waals surface area contributed by atoms with E-state index >= 15 is 0 Å². The number of nitrogens with two attached hydrogens (primary N) is 1. The minimum atomic E-state index is -0.410. The van der Waals surface area contributed by atoms with E-state index in [1.807, 2.05) is 11.0 Å². The Labute approximate surface area is 130 Å². The van der Waals surface area contributed by atoms with Gasteiger partial charge in [0.25, 0.3) is 0 Å². The van der Waals surface area contributed by atoms with E-state index in [1.165, 1.54) is 0 Å². The standard InChI is InChI=1S/C15H24N4O3/c16-12-15(2-9-21-10-3-15)14(20)19-6-4-18(5-7-19)11-13-1-8-22-17-13/h1,8H,2-7,9-12,16H2. The van der Waals surface area contributed by atoms with Crippen LogP contribution in [0.1, 0.15) is 18.5 Å². The van der Waals surface area contributed by atoms with Gasteiger partial charge in [0.2, 0.25) is 5.91 Å². The van der Waals surface area contributed by atoms with Gasteiger partial charge in [-0.25, -0.2) is 0 Å². The highest BCUT2D eigenvalue weighted by Gasteiger charge is 2.42. The van der Waals surface area contributed by atoms with Crippen LogP contribution >= 0.6 is 0 Å². The lowest BCUT2D eigenvalue weighted by Crippen LogP contribution is -2.56. The van der Waals surface area contributed by atoms with Gasteiger partial charge >= 0.3 is 0 Å². The fourth-order valence-corrected chi connectivity index (χ4v) is 3.26. The van der Waals surface area contributed by atoms with Gasteiger partial charge < -0.3 is 19.9 Å². The minimum absolute atomic E-state index is 0.208. The Balaban J connectivity index is 1.55. The van der Waals surface area contributed by atoms with Crippen LogP contribution in [0.3, 0.4) is 0 Å². The molecule has 22 heavy (non-hydrogen) atoms. The number of rotatable bonds is 4. The number of piperazine rings is 1. The summed E-state index contributed by atoms with van der Waals surface area (Å²) in [7, 11) is 0. The van der Waals surface area contributed by atoms with Gasteiger partial charge in [-0.3, -0.25) is 9.69 Å². The summed E-state index contributed by atoms with van der Waals surface area (Å²) in [6, 6.07) is 1.88. The first-order valence-corrected chi connectivity index (χ1v) is 7.92. The van der Waals surface area contributed by atoms with Crippen LogP contribution in [0, 0.1) is 5.41 Å². The second kappa shape index (κ2) is 6.76. The molecule has 2 saturated heterocycles. The lowest BCUT2D eigenvalue weighted by atomic mass is 9.78. The second-order valence-corrected chi connectivity index (χ2v) is 6.16. The number of amides is 1. The van der Waals surface area contributed by atoms with E-state index in [4.69, 9.17) is 15.0 Å². The summed E-state index contributed by atoms with van der Waals surface area (Å²) in [5.41, 5.74) is 6.45. The van der Waals surface area contributed by atoms with E-state index < -0.39 is 5.41 Å². The van der Waals surface area contributed by atoms with Crippen molar-refractivity contribution in [1.82, 2.24) is 15.0 Å². The van der Waals surface area contributed by atoms with Crippen molar-refractivity contribution in [1.29, 1.82) is 0 Å². The summed E-state index contributed by atoms with van der Waals surface area (Å²) in [6.45, 7) is 5.66. The summed E-state index contributed by atoms with van der Waals surface area (Å²) >= 11 is 0. The first kappa shape index (κ1) is 15.5. The third-order valence-electron chi connectivity index (χ3n) is 4.83. The second-order valence-electron chi connectivity index (χ2n) is 6.16. The van der Waals surface area contributed by atoms with Crippen LogP contribution in [0.25, 0.3) is 0 Å². The van der Waals surface area contributed by atoms with Crippen molar-refractivity contribution in [2.45, 2.75) is 19.4 Å². The first-order chi connectivity index (χ1) is 10.7. The van der Waals surface area contributed by atoms with Crippen molar-refractivity contribution in [3.63, 3.8) is 0 Å². The lowest BCUT2D eigenvalue weighted by Gasteiger charge is -2.42. The van der Waals surface area contributed by atoms with Crippen molar-refractivity contribution < 1.29 is 14.1 Å². The molecule has 2 N–H and O–H groups in total. The van der Waals surface area contributed by atoms with Crippen LogP contribution in [0.2, 0.25) is 0 Å². The topological polar surface area (TPSA) is 84.8 Å². The number of hydrogen-bond acceptors (Lipinski definition) is 6. The first-order valence-electron chi connectivity index (χ1n) is 7.92. The number of aromatic nitrogens is 1. The molecule has 1 aromatic heterocycles. The van der Waals surface area contributed by atoms with Crippen LogP contribution in [-0.2, 0) is 16.1 Å². The van der Waals surface area contributed by atoms with Crippen molar-refractivity contribution in [2.75, 3.05) is 45.9 Å². The van der Waals surface area contributed by atoms with Gasteiger partial charge in [-0.05, 0) is 12.8 Å². The molecule has 0 spiro atoms. The normalized spacial score (nSPS) is 22.7. The molecular weight excluding hydrogens is 284 g/mol. The fourth-order valence-electron chi connectivity index (χ4n) is 3.26. The number of carbonyl (C=O) groups excluding carboxylic acids is 1. The van der Waals surface area contributed by atoms with Crippen LogP contribution < -0.4 is 5.73 Å². The average molecular weight is 308 g/mol. The molecule has 0 bridgehead atoms. The summed E-state index contributed by atoms with van der Waals surface area (Å²) in [5.74, 6) is 0.208. The molecular formula is C15H24N4O3. The van der Waals surface area contributed by atoms with Crippen LogP contribution in [0.5, 0.6) is 0 Å². The zero-order valence-corrected chi connectivity index (χ0v) is 12.9. The van der Waals surface area contributed by atoms with E-state index in [2.05, 4.69) is 10.1 Å². The van der Waals surface area contributed by atoms with Crippen molar-refractivity contribution in [2.24, 2.45) is 11.1 Å². The minimum Gasteiger partial charge on any atom is -0.381 e. The van der Waals surface area contributed by atoms with Gasteiger partial charge in [0.1, 0.15) is 6.26 Å². The summed E-state index contributed by atoms with van der Waals surface area (Å²) in [4.78, 5) is 17.1. The molecule has 3 rings (SSSR count). The Morgan fingerprint density at radius 1 is 1.27 bits per heavy atom. The van der Waals surface area contributed by atoms with E-state index in [-0.39, 0.29) is 5.91 Å². The molecule has 1 amide bonds. The molecule has 2 fully saturated rings. The SMILES string of the molecule is NCC1(C(=O)N2CCN(Cc3ccon3)CC2)CCOCC1. The number of hydrogen-bond donors (Lipinski definition) is 1. The summed E-state index contributed by atoms with van der Waals surface area (Å²) < 4.78 is 10.2. The molecule has 122 valence electrons. The average Bonchev–Trinajstić information content (AvgIpc) is 3.08. The monoisotopic (exact) mass is 308 g/mol. The molecule has 0 aliphatic carbocycles. The Bertz CT molecular complexity index is 477.